The maximum Gasteiger partial charge on any atom is 0.494 e. The third-order valence-corrected chi connectivity index (χ3v) is 12.5. The van der Waals surface area contributed by atoms with E-state index in [0.29, 0.717) is 0 Å². The van der Waals surface area contributed by atoms with E-state index >= 15 is 0 Å². The lowest BCUT2D eigenvalue weighted by Crippen LogP contribution is -2.44. The molecule has 3 heterocycles. The number of rotatable bonds is 4. The van der Waals surface area contributed by atoms with Gasteiger partial charge in [0.25, 0.3) is 0 Å². The fraction of sp³-hybridized carbons (Fsp3) is 0.640. The summed E-state index contributed by atoms with van der Waals surface area (Å²) in [5.41, 5.74) is 0.333. The molecule has 7 heteroatoms. The number of anilines is 1. The Balaban J connectivity index is 1.59. The molecule has 0 aliphatic carbocycles. The van der Waals surface area contributed by atoms with Crippen LogP contribution in [0.4, 0.5) is 5.82 Å². The van der Waals surface area contributed by atoms with Crippen molar-refractivity contribution in [3.63, 3.8) is 0 Å². The Labute approximate surface area is 195 Å². The highest BCUT2D eigenvalue weighted by Crippen LogP contribution is 2.39. The van der Waals surface area contributed by atoms with Crippen molar-refractivity contribution in [1.82, 2.24) is 4.98 Å². The van der Waals surface area contributed by atoms with Gasteiger partial charge < -0.3 is 18.6 Å². The Morgan fingerprint density at radius 3 is 2.38 bits per heavy atom. The van der Waals surface area contributed by atoms with E-state index in [1.165, 1.54) is 5.39 Å². The average Bonchev–Trinajstić information content (AvgIpc) is 3.21. The molecule has 1 aromatic heterocycles. The zero-order chi connectivity index (χ0) is 23.5. The maximum atomic E-state index is 6.71. The second kappa shape index (κ2) is 7.83. The summed E-state index contributed by atoms with van der Waals surface area (Å²) in [6.07, 6.45) is 3.22. The zero-order valence-corrected chi connectivity index (χ0v) is 22.3. The summed E-state index contributed by atoms with van der Waals surface area (Å²) >= 11 is 0. The fourth-order valence-electron chi connectivity index (χ4n) is 4.16. The van der Waals surface area contributed by atoms with Crippen LogP contribution in [0.5, 0.6) is 0 Å². The molecule has 0 amide bonds. The van der Waals surface area contributed by atoms with Crippen molar-refractivity contribution in [2.45, 2.75) is 90.3 Å². The van der Waals surface area contributed by atoms with Crippen molar-refractivity contribution >= 4 is 37.5 Å². The molecule has 0 bridgehead atoms. The highest BCUT2D eigenvalue weighted by Gasteiger charge is 2.51. The van der Waals surface area contributed by atoms with Crippen molar-refractivity contribution in [1.29, 1.82) is 0 Å². The summed E-state index contributed by atoms with van der Waals surface area (Å²) in [7, 11) is -2.16. The van der Waals surface area contributed by atoms with Gasteiger partial charge in [-0.05, 0) is 69.2 Å². The number of pyridine rings is 1. The van der Waals surface area contributed by atoms with Crippen LogP contribution >= 0.6 is 0 Å². The minimum absolute atomic E-state index is 0.218. The van der Waals surface area contributed by atoms with Gasteiger partial charge in [-0.1, -0.05) is 39.0 Å². The summed E-state index contributed by atoms with van der Waals surface area (Å²) in [5, 5.41) is 2.55. The summed E-state index contributed by atoms with van der Waals surface area (Å²) < 4.78 is 19.3. The van der Waals surface area contributed by atoms with E-state index in [1.54, 1.807) is 0 Å². The van der Waals surface area contributed by atoms with Gasteiger partial charge in [0.2, 0.25) is 0 Å². The molecule has 0 N–H and O–H groups in total. The molecule has 4 rings (SSSR count). The van der Waals surface area contributed by atoms with Crippen LogP contribution in [0.15, 0.2) is 30.5 Å². The average molecular weight is 454 g/mol. The van der Waals surface area contributed by atoms with Crippen LogP contribution in [0, 0.1) is 0 Å². The third-order valence-electron chi connectivity index (χ3n) is 8.01. The van der Waals surface area contributed by atoms with E-state index in [9.17, 15) is 0 Å². The Morgan fingerprint density at radius 1 is 1.09 bits per heavy atom. The predicted octanol–water partition coefficient (Wildman–Crippen LogP) is 5.13. The summed E-state index contributed by atoms with van der Waals surface area (Å²) in [5.74, 6) is 1.03. The highest BCUT2D eigenvalue weighted by molar-refractivity contribution is 6.74. The van der Waals surface area contributed by atoms with E-state index in [0.717, 1.165) is 36.2 Å². The van der Waals surface area contributed by atoms with Gasteiger partial charge in [-0.25, -0.2) is 4.98 Å². The zero-order valence-electron chi connectivity index (χ0n) is 21.3. The molecule has 0 spiro atoms. The van der Waals surface area contributed by atoms with Gasteiger partial charge in [0.05, 0.1) is 17.3 Å². The molecule has 5 nitrogen and oxygen atoms in total. The van der Waals surface area contributed by atoms with Crippen molar-refractivity contribution in [3.05, 3.63) is 30.5 Å². The molecule has 1 aromatic carbocycles. The number of benzene rings is 1. The van der Waals surface area contributed by atoms with Crippen LogP contribution in [0.25, 0.3) is 10.8 Å². The van der Waals surface area contributed by atoms with Gasteiger partial charge >= 0.3 is 7.12 Å². The Kier molecular flexibility index (Phi) is 5.81. The van der Waals surface area contributed by atoms with Crippen molar-refractivity contribution in [3.8, 4) is 0 Å². The largest absolute Gasteiger partial charge is 0.494 e. The minimum atomic E-state index is -1.79. The first-order valence-corrected chi connectivity index (χ1v) is 14.8. The van der Waals surface area contributed by atoms with Crippen LogP contribution in [0.1, 0.15) is 54.9 Å². The van der Waals surface area contributed by atoms with E-state index < -0.39 is 8.32 Å². The van der Waals surface area contributed by atoms with Crippen LogP contribution in [0.3, 0.4) is 0 Å². The maximum absolute atomic E-state index is 6.71. The van der Waals surface area contributed by atoms with Crippen LogP contribution in [0.2, 0.25) is 18.1 Å². The standard InChI is InChI=1S/C25H39BN2O3Si/c1-23(2,3)32(8,9)29-20-13-15-28(17-20)22-21-16-19(11-10-18(21)12-14-27-22)26-30-24(4,5)25(6,7)31-26/h10-12,14,16,20H,13,15,17H2,1-9H3/t20-/m1/s1. The first kappa shape index (κ1) is 23.7. The Hall–Kier alpha value is -1.41. The Morgan fingerprint density at radius 2 is 1.75 bits per heavy atom. The van der Waals surface area contributed by atoms with Gasteiger partial charge in [0, 0.05) is 24.7 Å². The SMILES string of the molecule is CC1(C)OB(c2ccc3ccnc(N4CC[C@@H](O[Si](C)(C)C(C)(C)C)C4)c3c2)OC1(C)C. The Bertz CT molecular complexity index is 986. The second-order valence-electron chi connectivity index (χ2n) is 11.9. The number of hydrogen-bond donors (Lipinski definition) is 0. The molecule has 174 valence electrons. The minimum Gasteiger partial charge on any atom is -0.412 e. The lowest BCUT2D eigenvalue weighted by Gasteiger charge is -2.38. The van der Waals surface area contributed by atoms with E-state index in [4.69, 9.17) is 18.7 Å². The normalized spacial score (nSPS) is 23.3. The van der Waals surface area contributed by atoms with Gasteiger partial charge in [-0.2, -0.15) is 0 Å². The molecule has 0 saturated carbocycles. The molecule has 0 radical (unpaired) electrons. The fourth-order valence-corrected chi connectivity index (χ4v) is 5.54. The molecule has 2 aliphatic heterocycles. The molecule has 1 atom stereocenters. The topological polar surface area (TPSA) is 43.8 Å². The molecule has 2 aromatic rings. The van der Waals surface area contributed by atoms with Crippen LogP contribution in [-0.4, -0.2) is 50.8 Å². The number of fused-ring (bicyclic) bond motifs is 1. The van der Waals surface area contributed by atoms with Crippen LogP contribution in [-0.2, 0) is 13.7 Å². The van der Waals surface area contributed by atoms with Crippen LogP contribution < -0.4 is 10.4 Å². The lowest BCUT2D eigenvalue weighted by molar-refractivity contribution is 0.00578. The van der Waals surface area contributed by atoms with Crippen molar-refractivity contribution in [2.75, 3.05) is 18.0 Å². The van der Waals surface area contributed by atoms with E-state index in [2.05, 4.69) is 90.7 Å². The molecular formula is C25H39BN2O3Si. The lowest BCUT2D eigenvalue weighted by atomic mass is 9.78. The number of nitrogens with zero attached hydrogens (tertiary/aromatic N) is 2. The predicted molar refractivity (Wildman–Crippen MR) is 136 cm³/mol. The van der Waals surface area contributed by atoms with E-state index in [-0.39, 0.29) is 29.5 Å². The van der Waals surface area contributed by atoms with Gasteiger partial charge in [-0.15, -0.1) is 0 Å². The molecule has 32 heavy (non-hydrogen) atoms. The smallest absolute Gasteiger partial charge is 0.412 e. The van der Waals surface area contributed by atoms with Gasteiger partial charge in [0.15, 0.2) is 8.32 Å². The molecule has 2 saturated heterocycles. The molecule has 2 fully saturated rings. The first-order chi connectivity index (χ1) is 14.7. The molecule has 0 unspecified atom stereocenters. The number of hydrogen-bond acceptors (Lipinski definition) is 5. The van der Waals surface area contributed by atoms with Gasteiger partial charge in [0.1, 0.15) is 5.82 Å². The third kappa shape index (κ3) is 4.25. The van der Waals surface area contributed by atoms with E-state index in [1.807, 2.05) is 6.20 Å². The number of aromatic nitrogens is 1. The summed E-state index contributed by atoms with van der Waals surface area (Å²) in [6, 6.07) is 8.54. The second-order valence-corrected chi connectivity index (χ2v) is 16.7. The first-order valence-electron chi connectivity index (χ1n) is 11.9. The van der Waals surface area contributed by atoms with Gasteiger partial charge in [-0.3, -0.25) is 0 Å². The quantitative estimate of drug-likeness (QED) is 0.599. The summed E-state index contributed by atoms with van der Waals surface area (Å²) in [4.78, 5) is 7.18. The van der Waals surface area contributed by atoms with Crippen molar-refractivity contribution in [2.24, 2.45) is 0 Å². The monoisotopic (exact) mass is 454 g/mol. The highest BCUT2D eigenvalue weighted by atomic mass is 28.4. The molecular weight excluding hydrogens is 415 g/mol. The molecule has 2 aliphatic rings. The summed E-state index contributed by atoms with van der Waals surface area (Å²) in [6.45, 7) is 21.8. The van der Waals surface area contributed by atoms with Crippen molar-refractivity contribution < 1.29 is 13.7 Å².